The summed E-state index contributed by atoms with van der Waals surface area (Å²) >= 11 is 0. The summed E-state index contributed by atoms with van der Waals surface area (Å²) in [6.45, 7) is 1.74. The predicted octanol–water partition coefficient (Wildman–Crippen LogP) is 1.89. The summed E-state index contributed by atoms with van der Waals surface area (Å²) in [5, 5.41) is 3.22. The molecule has 20 heavy (non-hydrogen) atoms. The van der Waals surface area contributed by atoms with Gasteiger partial charge in [-0.25, -0.2) is 8.78 Å². The smallest absolute Gasteiger partial charge is 0.226 e. The van der Waals surface area contributed by atoms with Crippen LogP contribution in [0.3, 0.4) is 0 Å². The van der Waals surface area contributed by atoms with Crippen molar-refractivity contribution < 1.29 is 13.6 Å². The normalized spacial score (nSPS) is 28.4. The van der Waals surface area contributed by atoms with Crippen molar-refractivity contribution in [1.29, 1.82) is 0 Å². The third kappa shape index (κ3) is 2.30. The molecule has 1 heterocycles. The second-order valence-electron chi connectivity index (χ2n) is 5.69. The van der Waals surface area contributed by atoms with Crippen molar-refractivity contribution in [2.75, 3.05) is 20.1 Å². The van der Waals surface area contributed by atoms with Crippen molar-refractivity contribution in [3.05, 3.63) is 35.4 Å². The van der Waals surface area contributed by atoms with Gasteiger partial charge < -0.3 is 10.2 Å². The highest BCUT2D eigenvalue weighted by molar-refractivity contribution is 5.83. The molecule has 1 saturated carbocycles. The lowest BCUT2D eigenvalue weighted by Gasteiger charge is -2.24. The van der Waals surface area contributed by atoms with Gasteiger partial charge in [-0.2, -0.15) is 0 Å². The Morgan fingerprint density at radius 1 is 1.40 bits per heavy atom. The summed E-state index contributed by atoms with van der Waals surface area (Å²) in [5.74, 6) is -1.97. The minimum absolute atomic E-state index is 0.0485. The van der Waals surface area contributed by atoms with Crippen LogP contribution in [0.15, 0.2) is 18.2 Å². The summed E-state index contributed by atoms with van der Waals surface area (Å²) in [4.78, 5) is 14.1. The van der Waals surface area contributed by atoms with Gasteiger partial charge in [-0.05, 0) is 36.9 Å². The summed E-state index contributed by atoms with van der Waals surface area (Å²) in [6.07, 6.45) is 1.57. The Morgan fingerprint density at radius 2 is 2.20 bits per heavy atom. The van der Waals surface area contributed by atoms with Crippen LogP contribution in [0.5, 0.6) is 0 Å². The van der Waals surface area contributed by atoms with Crippen molar-refractivity contribution in [3.8, 4) is 0 Å². The standard InChI is InChI=1S/C15H18F2N2O/c1-19(9-5-6-18-8-9)15(20)12-7-11(12)10-3-2-4-13(16)14(10)17/h2-4,9,11-12,18H,5-8H2,1H3. The van der Waals surface area contributed by atoms with Crippen molar-refractivity contribution in [3.63, 3.8) is 0 Å². The number of nitrogens with zero attached hydrogens (tertiary/aromatic N) is 1. The molecule has 1 N–H and O–H groups in total. The van der Waals surface area contributed by atoms with Gasteiger partial charge in [0.15, 0.2) is 11.6 Å². The number of benzene rings is 1. The molecule has 1 amide bonds. The van der Waals surface area contributed by atoms with E-state index in [2.05, 4.69) is 5.32 Å². The van der Waals surface area contributed by atoms with Gasteiger partial charge >= 0.3 is 0 Å². The molecular formula is C15H18F2N2O. The Kier molecular flexibility index (Phi) is 3.46. The Labute approximate surface area is 117 Å². The molecule has 1 aliphatic carbocycles. The van der Waals surface area contributed by atoms with E-state index in [0.717, 1.165) is 25.6 Å². The first-order chi connectivity index (χ1) is 9.59. The van der Waals surface area contributed by atoms with Crippen LogP contribution >= 0.6 is 0 Å². The quantitative estimate of drug-likeness (QED) is 0.917. The van der Waals surface area contributed by atoms with E-state index in [4.69, 9.17) is 0 Å². The Morgan fingerprint density at radius 3 is 2.90 bits per heavy atom. The summed E-state index contributed by atoms with van der Waals surface area (Å²) in [5.41, 5.74) is 0.335. The average molecular weight is 280 g/mol. The fraction of sp³-hybridized carbons (Fsp3) is 0.533. The maximum Gasteiger partial charge on any atom is 0.226 e. The van der Waals surface area contributed by atoms with Crippen molar-refractivity contribution in [1.82, 2.24) is 10.2 Å². The van der Waals surface area contributed by atoms with E-state index >= 15 is 0 Å². The number of carbonyl (C=O) groups excluding carboxylic acids is 1. The van der Waals surface area contributed by atoms with Gasteiger partial charge in [0.05, 0.1) is 0 Å². The highest BCUT2D eigenvalue weighted by atomic mass is 19.2. The molecule has 2 fully saturated rings. The van der Waals surface area contributed by atoms with E-state index in [1.54, 1.807) is 18.0 Å². The minimum atomic E-state index is -0.839. The van der Waals surface area contributed by atoms with Gasteiger partial charge in [0, 0.05) is 25.6 Å². The van der Waals surface area contributed by atoms with Crippen LogP contribution in [0.25, 0.3) is 0 Å². The zero-order valence-electron chi connectivity index (χ0n) is 11.4. The van der Waals surface area contributed by atoms with E-state index in [0.29, 0.717) is 12.0 Å². The molecule has 5 heteroatoms. The van der Waals surface area contributed by atoms with E-state index in [9.17, 15) is 13.6 Å². The number of halogens is 2. The summed E-state index contributed by atoms with van der Waals surface area (Å²) < 4.78 is 26.9. The molecule has 1 aromatic carbocycles. The van der Waals surface area contributed by atoms with Gasteiger partial charge in [-0.1, -0.05) is 12.1 Å². The molecule has 2 aliphatic rings. The molecule has 0 bridgehead atoms. The monoisotopic (exact) mass is 280 g/mol. The van der Waals surface area contributed by atoms with Gasteiger partial charge in [0.1, 0.15) is 0 Å². The molecule has 0 radical (unpaired) electrons. The topological polar surface area (TPSA) is 32.3 Å². The van der Waals surface area contributed by atoms with Crippen LogP contribution in [0.2, 0.25) is 0 Å². The van der Waals surface area contributed by atoms with Crippen molar-refractivity contribution in [2.24, 2.45) is 5.92 Å². The number of likely N-dealkylation sites (N-methyl/N-ethyl adjacent to an activating group) is 1. The number of nitrogens with one attached hydrogen (secondary N) is 1. The number of carbonyl (C=O) groups is 1. The molecule has 0 aromatic heterocycles. The Bertz CT molecular complexity index is 529. The number of rotatable bonds is 3. The van der Waals surface area contributed by atoms with E-state index in [-0.39, 0.29) is 23.8 Å². The lowest BCUT2D eigenvalue weighted by molar-refractivity contribution is -0.133. The number of amides is 1. The molecule has 1 aromatic rings. The summed E-state index contributed by atoms with van der Waals surface area (Å²) in [6, 6.07) is 4.40. The second kappa shape index (κ2) is 5.13. The molecule has 3 unspecified atom stereocenters. The zero-order valence-corrected chi connectivity index (χ0v) is 11.4. The Balaban J connectivity index is 1.69. The van der Waals surface area contributed by atoms with E-state index < -0.39 is 11.6 Å². The van der Waals surface area contributed by atoms with Gasteiger partial charge in [0.25, 0.3) is 0 Å². The van der Waals surface area contributed by atoms with Crippen molar-refractivity contribution in [2.45, 2.75) is 24.8 Å². The van der Waals surface area contributed by atoms with Crippen LogP contribution in [0.1, 0.15) is 24.3 Å². The van der Waals surface area contributed by atoms with Crippen LogP contribution in [0, 0.1) is 17.6 Å². The predicted molar refractivity (Wildman–Crippen MR) is 71.3 cm³/mol. The first kappa shape index (κ1) is 13.5. The molecule has 108 valence electrons. The first-order valence-corrected chi connectivity index (χ1v) is 7.01. The first-order valence-electron chi connectivity index (χ1n) is 7.01. The fourth-order valence-electron chi connectivity index (χ4n) is 3.03. The largest absolute Gasteiger partial charge is 0.341 e. The van der Waals surface area contributed by atoms with E-state index in [1.165, 1.54) is 6.07 Å². The van der Waals surface area contributed by atoms with Crippen LogP contribution in [-0.2, 0) is 4.79 Å². The maximum atomic E-state index is 13.7. The molecule has 0 spiro atoms. The van der Waals surface area contributed by atoms with Crippen LogP contribution in [-0.4, -0.2) is 37.0 Å². The molecule has 1 saturated heterocycles. The average Bonchev–Trinajstić information content (AvgIpc) is 3.04. The highest BCUT2D eigenvalue weighted by Crippen LogP contribution is 2.49. The van der Waals surface area contributed by atoms with Gasteiger partial charge in [-0.15, -0.1) is 0 Å². The number of hydrogen-bond donors (Lipinski definition) is 1. The van der Waals surface area contributed by atoms with Crippen LogP contribution in [0.4, 0.5) is 8.78 Å². The van der Waals surface area contributed by atoms with Gasteiger partial charge in [0.2, 0.25) is 5.91 Å². The minimum Gasteiger partial charge on any atom is -0.341 e. The molecule has 1 aliphatic heterocycles. The lowest BCUT2D eigenvalue weighted by atomic mass is 10.1. The fourth-order valence-corrected chi connectivity index (χ4v) is 3.03. The zero-order chi connectivity index (χ0) is 14.3. The highest BCUT2D eigenvalue weighted by Gasteiger charge is 2.47. The lowest BCUT2D eigenvalue weighted by Crippen LogP contribution is -2.39. The molecular weight excluding hydrogens is 262 g/mol. The third-order valence-corrected chi connectivity index (χ3v) is 4.42. The molecule has 3 rings (SSSR count). The molecule has 3 atom stereocenters. The second-order valence-corrected chi connectivity index (χ2v) is 5.69. The Hall–Kier alpha value is -1.49. The van der Waals surface area contributed by atoms with Gasteiger partial charge in [-0.3, -0.25) is 4.79 Å². The molecule has 3 nitrogen and oxygen atoms in total. The SMILES string of the molecule is CN(C(=O)C1CC1c1cccc(F)c1F)C1CCNC1. The number of hydrogen-bond acceptors (Lipinski definition) is 2. The summed E-state index contributed by atoms with van der Waals surface area (Å²) in [7, 11) is 1.80. The maximum absolute atomic E-state index is 13.7. The third-order valence-electron chi connectivity index (χ3n) is 4.42. The van der Waals surface area contributed by atoms with E-state index in [1.807, 2.05) is 0 Å². The van der Waals surface area contributed by atoms with Crippen molar-refractivity contribution >= 4 is 5.91 Å². The van der Waals surface area contributed by atoms with Crippen LogP contribution < -0.4 is 5.32 Å².